The van der Waals surface area contributed by atoms with Gasteiger partial charge in [0, 0.05) is 6.20 Å². The Kier molecular flexibility index (Phi) is 1.33. The zero-order valence-electron chi connectivity index (χ0n) is 5.10. The van der Waals surface area contributed by atoms with E-state index >= 15 is 0 Å². The van der Waals surface area contributed by atoms with Crippen molar-refractivity contribution in [2.75, 3.05) is 0 Å². The van der Waals surface area contributed by atoms with Crippen molar-refractivity contribution in [3.05, 3.63) is 18.3 Å². The lowest BCUT2D eigenvalue weighted by Crippen LogP contribution is -2.17. The summed E-state index contributed by atoms with van der Waals surface area (Å²) >= 11 is 0. The number of nitrogens with one attached hydrogen (secondary N) is 1. The van der Waals surface area contributed by atoms with Crippen LogP contribution in [0.3, 0.4) is 0 Å². The van der Waals surface area contributed by atoms with Crippen molar-refractivity contribution in [1.29, 1.82) is 0 Å². The highest BCUT2D eigenvalue weighted by Crippen LogP contribution is 2.04. The molecule has 43 valence electrons. The van der Waals surface area contributed by atoms with E-state index in [9.17, 15) is 0 Å². The molecule has 0 atom stereocenters. The molecular formula is C6H9N2. The topological polar surface area (TPSA) is 24.4 Å². The molecule has 0 fully saturated rings. The summed E-state index contributed by atoms with van der Waals surface area (Å²) in [5.41, 5.74) is 0. The number of nitrogens with zero attached hydrogens (tertiary/aromatic N) is 1. The first kappa shape index (κ1) is 5.35. The van der Waals surface area contributed by atoms with Gasteiger partial charge in [-0.2, -0.15) is 0 Å². The van der Waals surface area contributed by atoms with E-state index in [0.29, 0.717) is 0 Å². The van der Waals surface area contributed by atoms with Gasteiger partial charge in [-0.3, -0.25) is 4.99 Å². The molecule has 0 aromatic carbocycles. The second-order valence-corrected chi connectivity index (χ2v) is 1.82. The van der Waals surface area contributed by atoms with Gasteiger partial charge in [-0.05, 0) is 19.9 Å². The van der Waals surface area contributed by atoms with Crippen LogP contribution in [-0.4, -0.2) is 5.84 Å². The van der Waals surface area contributed by atoms with Gasteiger partial charge in [0.25, 0.3) is 0 Å². The maximum atomic E-state index is 4.12. The minimum Gasteiger partial charge on any atom is -0.351 e. The fraction of sp³-hybridized carbons (Fsp3) is 0.333. The van der Waals surface area contributed by atoms with Crippen LogP contribution >= 0.6 is 0 Å². The monoisotopic (exact) mass is 109 g/mol. The Morgan fingerprint density at radius 3 is 2.62 bits per heavy atom. The van der Waals surface area contributed by atoms with Gasteiger partial charge in [-0.15, -0.1) is 0 Å². The maximum Gasteiger partial charge on any atom is 0.108 e. The second-order valence-electron chi connectivity index (χ2n) is 1.82. The second kappa shape index (κ2) is 1.99. The molecule has 1 aliphatic heterocycles. The van der Waals surface area contributed by atoms with E-state index in [2.05, 4.69) is 10.3 Å². The van der Waals surface area contributed by atoms with Crippen molar-refractivity contribution in [3.63, 3.8) is 0 Å². The third kappa shape index (κ3) is 1.09. The zero-order chi connectivity index (χ0) is 5.98. The van der Waals surface area contributed by atoms with Crippen molar-refractivity contribution in [2.45, 2.75) is 13.8 Å². The van der Waals surface area contributed by atoms with Crippen LogP contribution in [0, 0.1) is 6.04 Å². The summed E-state index contributed by atoms with van der Waals surface area (Å²) in [5, 5.41) is 2.96. The number of hydrogen-bond acceptors (Lipinski definition) is 2. The highest BCUT2D eigenvalue weighted by Gasteiger charge is 1.98. The number of hydrogen-bond donors (Lipinski definition) is 1. The molecule has 0 saturated heterocycles. The van der Waals surface area contributed by atoms with E-state index < -0.39 is 0 Å². The van der Waals surface area contributed by atoms with Gasteiger partial charge in [0.2, 0.25) is 0 Å². The summed E-state index contributed by atoms with van der Waals surface area (Å²) < 4.78 is 0. The van der Waals surface area contributed by atoms with Crippen LogP contribution in [-0.2, 0) is 0 Å². The Morgan fingerprint density at radius 1 is 1.50 bits per heavy atom. The predicted molar refractivity (Wildman–Crippen MR) is 34.3 cm³/mol. The highest BCUT2D eigenvalue weighted by molar-refractivity contribution is 5.82. The van der Waals surface area contributed by atoms with Gasteiger partial charge in [0.05, 0.1) is 5.84 Å². The molecule has 0 amide bonds. The molecule has 0 aliphatic carbocycles. The smallest absolute Gasteiger partial charge is 0.108 e. The normalized spacial score (nSPS) is 20.0. The first-order valence-corrected chi connectivity index (χ1v) is 2.61. The molecule has 0 saturated carbocycles. The van der Waals surface area contributed by atoms with Crippen molar-refractivity contribution in [3.8, 4) is 0 Å². The molecule has 0 spiro atoms. The summed E-state index contributed by atoms with van der Waals surface area (Å²) in [6.07, 6.45) is 3.82. The van der Waals surface area contributed by atoms with Crippen LogP contribution < -0.4 is 5.32 Å². The fourth-order valence-electron chi connectivity index (χ4n) is 0.617. The first-order chi connectivity index (χ1) is 3.79. The third-order valence-corrected chi connectivity index (χ3v) is 0.961. The maximum absolute atomic E-state index is 4.12. The van der Waals surface area contributed by atoms with Crippen LogP contribution in [0.1, 0.15) is 13.8 Å². The van der Waals surface area contributed by atoms with E-state index in [1.807, 2.05) is 26.1 Å². The first-order valence-electron chi connectivity index (χ1n) is 2.61. The predicted octanol–water partition coefficient (Wildman–Crippen LogP) is 1.07. The average molecular weight is 109 g/mol. The fourth-order valence-corrected chi connectivity index (χ4v) is 0.617. The van der Waals surface area contributed by atoms with Crippen LogP contribution in [0.5, 0.6) is 0 Å². The quantitative estimate of drug-likeness (QED) is 0.494. The molecule has 8 heavy (non-hydrogen) atoms. The Hall–Kier alpha value is -0.790. The molecule has 0 aromatic rings. The Labute approximate surface area is 49.3 Å². The molecule has 1 N–H and O–H groups in total. The average Bonchev–Trinajstić information content (AvgIpc) is 1.64. The van der Waals surface area contributed by atoms with Crippen LogP contribution in [0.25, 0.3) is 0 Å². The lowest BCUT2D eigenvalue weighted by molar-refractivity contribution is 1.04. The van der Waals surface area contributed by atoms with Gasteiger partial charge in [0.15, 0.2) is 0 Å². The van der Waals surface area contributed by atoms with E-state index in [4.69, 9.17) is 0 Å². The lowest BCUT2D eigenvalue weighted by atomic mass is 10.3. The van der Waals surface area contributed by atoms with E-state index in [1.54, 1.807) is 0 Å². The zero-order valence-corrected chi connectivity index (χ0v) is 5.10. The van der Waals surface area contributed by atoms with Gasteiger partial charge in [0.1, 0.15) is 6.04 Å². The Bertz CT molecular complexity index is 135. The SMILES string of the molecule is C[C]1C=CNC(C)=N1. The molecule has 2 heteroatoms. The summed E-state index contributed by atoms with van der Waals surface area (Å²) in [5.74, 6) is 0.963. The summed E-state index contributed by atoms with van der Waals surface area (Å²) in [7, 11) is 0. The Balaban J connectivity index is 2.60. The van der Waals surface area contributed by atoms with Crippen LogP contribution in [0.15, 0.2) is 17.3 Å². The minimum atomic E-state index is 0.963. The summed E-state index contributed by atoms with van der Waals surface area (Å²) in [6, 6.07) is 1.06. The van der Waals surface area contributed by atoms with Gasteiger partial charge in [-0.1, -0.05) is 0 Å². The molecule has 1 rings (SSSR count). The lowest BCUT2D eigenvalue weighted by Gasteiger charge is -2.07. The number of rotatable bonds is 0. The van der Waals surface area contributed by atoms with Crippen molar-refractivity contribution in [2.24, 2.45) is 4.99 Å². The molecule has 1 heterocycles. The largest absolute Gasteiger partial charge is 0.351 e. The summed E-state index contributed by atoms with van der Waals surface area (Å²) in [6.45, 7) is 3.91. The minimum absolute atomic E-state index is 0.963. The van der Waals surface area contributed by atoms with Crippen molar-refractivity contribution in [1.82, 2.24) is 5.32 Å². The number of aliphatic imine (C=N–C) groups is 1. The molecule has 0 bridgehead atoms. The van der Waals surface area contributed by atoms with Gasteiger partial charge < -0.3 is 5.32 Å². The molecule has 0 unspecified atom stereocenters. The van der Waals surface area contributed by atoms with Crippen molar-refractivity contribution >= 4 is 5.84 Å². The van der Waals surface area contributed by atoms with E-state index in [1.165, 1.54) is 0 Å². The molecule has 2 nitrogen and oxygen atoms in total. The van der Waals surface area contributed by atoms with Gasteiger partial charge >= 0.3 is 0 Å². The Morgan fingerprint density at radius 2 is 2.25 bits per heavy atom. The molecule has 1 radical (unpaired) electrons. The third-order valence-electron chi connectivity index (χ3n) is 0.961. The van der Waals surface area contributed by atoms with Gasteiger partial charge in [-0.25, -0.2) is 0 Å². The summed E-state index contributed by atoms with van der Waals surface area (Å²) in [4.78, 5) is 4.12. The van der Waals surface area contributed by atoms with Crippen molar-refractivity contribution < 1.29 is 0 Å². The van der Waals surface area contributed by atoms with E-state index in [-0.39, 0.29) is 0 Å². The standard InChI is InChI=1S/C6H9N2/c1-5-3-4-7-6(2)8-5/h3-4H,1-2H3,(H,7,8). The van der Waals surface area contributed by atoms with Crippen LogP contribution in [0.2, 0.25) is 0 Å². The molecule has 1 aliphatic rings. The van der Waals surface area contributed by atoms with Crippen LogP contribution in [0.4, 0.5) is 0 Å². The molecular weight excluding hydrogens is 100 g/mol. The number of amidine groups is 1. The van der Waals surface area contributed by atoms with E-state index in [0.717, 1.165) is 11.9 Å². The highest BCUT2D eigenvalue weighted by atomic mass is 15.0. The molecule has 0 aromatic heterocycles.